The highest BCUT2D eigenvalue weighted by Crippen LogP contribution is 2.25. The van der Waals surface area contributed by atoms with Crippen molar-refractivity contribution < 1.29 is 18.0 Å². The lowest BCUT2D eigenvalue weighted by Crippen LogP contribution is -2.34. The van der Waals surface area contributed by atoms with Crippen LogP contribution in [0.15, 0.2) is 5.38 Å². The molecule has 3 nitrogen and oxygen atoms in total. The van der Waals surface area contributed by atoms with E-state index in [9.17, 15) is 18.0 Å². The molecule has 96 valence electrons. The van der Waals surface area contributed by atoms with Crippen molar-refractivity contribution in [3.8, 4) is 0 Å². The van der Waals surface area contributed by atoms with Crippen LogP contribution in [0.2, 0.25) is 0 Å². The van der Waals surface area contributed by atoms with Crippen LogP contribution in [0.3, 0.4) is 0 Å². The highest BCUT2D eigenvalue weighted by molar-refractivity contribution is 7.13. The van der Waals surface area contributed by atoms with Crippen molar-refractivity contribution >= 4 is 22.3 Å². The van der Waals surface area contributed by atoms with E-state index in [1.807, 2.05) is 0 Å². The third-order valence-corrected chi connectivity index (χ3v) is 2.89. The number of ketones is 1. The van der Waals surface area contributed by atoms with Gasteiger partial charge in [-0.1, -0.05) is 6.92 Å². The number of halogens is 3. The molecule has 0 saturated carbocycles. The molecule has 0 aliphatic carbocycles. The summed E-state index contributed by atoms with van der Waals surface area (Å²) in [6, 6.07) is 0. The Bertz CT molecular complexity index is 389. The maximum Gasteiger partial charge on any atom is 0.406 e. The summed E-state index contributed by atoms with van der Waals surface area (Å²) in [4.78, 5) is 16.1. The first kappa shape index (κ1) is 14.0. The number of hydrogen-bond donors (Lipinski definition) is 0. The second-order valence-electron chi connectivity index (χ2n) is 3.61. The minimum absolute atomic E-state index is 0.216. The van der Waals surface area contributed by atoms with E-state index in [-0.39, 0.29) is 23.2 Å². The lowest BCUT2D eigenvalue weighted by molar-refractivity contribution is -0.119. The maximum atomic E-state index is 12.3. The van der Waals surface area contributed by atoms with Crippen molar-refractivity contribution in [3.63, 3.8) is 0 Å². The van der Waals surface area contributed by atoms with Crippen LogP contribution in [0.4, 0.5) is 18.3 Å². The summed E-state index contributed by atoms with van der Waals surface area (Å²) in [5.41, 5.74) is 0.216. The number of carbonyl (C=O) groups is 1. The van der Waals surface area contributed by atoms with Crippen LogP contribution < -0.4 is 4.90 Å². The average molecular weight is 266 g/mol. The molecule has 17 heavy (non-hydrogen) atoms. The lowest BCUT2D eigenvalue weighted by atomic mass is 10.3. The van der Waals surface area contributed by atoms with E-state index in [0.717, 1.165) is 16.2 Å². The van der Waals surface area contributed by atoms with Crippen LogP contribution in [0.1, 0.15) is 30.8 Å². The molecule has 1 aromatic heterocycles. The molecule has 1 rings (SSSR count). The zero-order valence-electron chi connectivity index (χ0n) is 9.54. The van der Waals surface area contributed by atoms with Gasteiger partial charge in [0, 0.05) is 18.8 Å². The molecule has 0 unspecified atom stereocenters. The van der Waals surface area contributed by atoms with Crippen molar-refractivity contribution in [2.75, 3.05) is 18.0 Å². The van der Waals surface area contributed by atoms with Gasteiger partial charge in [0.25, 0.3) is 0 Å². The largest absolute Gasteiger partial charge is 0.406 e. The third kappa shape index (κ3) is 4.33. The monoisotopic (exact) mass is 266 g/mol. The minimum atomic E-state index is -4.27. The fourth-order valence-corrected chi connectivity index (χ4v) is 2.19. The molecule has 0 bridgehead atoms. The molecule has 0 aliphatic heterocycles. The Hall–Kier alpha value is -1.11. The molecule has 0 fully saturated rings. The standard InChI is InChI=1S/C10H13F3N2OS/c1-3-4-15(6-10(11,12)13)9-14-8(5-17-9)7(2)16/h5H,3-4,6H2,1-2H3. The highest BCUT2D eigenvalue weighted by Gasteiger charge is 2.31. The first-order valence-corrected chi connectivity index (χ1v) is 5.99. The minimum Gasteiger partial charge on any atom is -0.339 e. The Kier molecular flexibility index (Phi) is 4.50. The number of aromatic nitrogens is 1. The summed E-state index contributed by atoms with van der Waals surface area (Å²) in [7, 11) is 0. The summed E-state index contributed by atoms with van der Waals surface area (Å²) in [5.74, 6) is -0.240. The zero-order valence-corrected chi connectivity index (χ0v) is 10.4. The van der Waals surface area contributed by atoms with Gasteiger partial charge < -0.3 is 4.90 Å². The topological polar surface area (TPSA) is 33.2 Å². The number of nitrogens with zero attached hydrogens (tertiary/aromatic N) is 2. The lowest BCUT2D eigenvalue weighted by Gasteiger charge is -2.22. The molecular formula is C10H13F3N2OS. The van der Waals surface area contributed by atoms with Crippen molar-refractivity contribution in [3.05, 3.63) is 11.1 Å². The Morgan fingerprint density at radius 2 is 2.18 bits per heavy atom. The second kappa shape index (κ2) is 5.48. The summed E-state index contributed by atoms with van der Waals surface area (Å²) < 4.78 is 37.0. The number of Topliss-reactive ketones (excluding diaryl/α,β-unsaturated/α-hetero) is 1. The van der Waals surface area contributed by atoms with E-state index in [0.29, 0.717) is 6.42 Å². The van der Waals surface area contributed by atoms with Gasteiger partial charge in [-0.05, 0) is 6.42 Å². The summed E-state index contributed by atoms with van der Waals surface area (Å²) in [6.07, 6.45) is -3.68. The van der Waals surface area contributed by atoms with Gasteiger partial charge in [-0.15, -0.1) is 11.3 Å². The number of hydrogen-bond acceptors (Lipinski definition) is 4. The molecule has 0 spiro atoms. The van der Waals surface area contributed by atoms with Crippen molar-refractivity contribution in [2.24, 2.45) is 0 Å². The number of thiazole rings is 1. The van der Waals surface area contributed by atoms with Crippen LogP contribution in [0.5, 0.6) is 0 Å². The Morgan fingerprint density at radius 1 is 1.53 bits per heavy atom. The molecule has 0 aromatic carbocycles. The van der Waals surface area contributed by atoms with Crippen LogP contribution >= 0.6 is 11.3 Å². The Balaban J connectivity index is 2.85. The molecule has 0 amide bonds. The Labute approximate surface area is 101 Å². The van der Waals surface area contributed by atoms with Crippen molar-refractivity contribution in [2.45, 2.75) is 26.4 Å². The average Bonchev–Trinajstić information content (AvgIpc) is 2.63. The summed E-state index contributed by atoms with van der Waals surface area (Å²) >= 11 is 1.06. The van der Waals surface area contributed by atoms with E-state index in [4.69, 9.17) is 0 Å². The van der Waals surface area contributed by atoms with Crippen LogP contribution in [-0.4, -0.2) is 30.0 Å². The molecule has 0 saturated heterocycles. The van der Waals surface area contributed by atoms with E-state index in [2.05, 4.69) is 4.98 Å². The summed E-state index contributed by atoms with van der Waals surface area (Å²) in [6.45, 7) is 2.37. The zero-order chi connectivity index (χ0) is 13.1. The molecule has 1 heterocycles. The van der Waals surface area contributed by atoms with Crippen LogP contribution in [0.25, 0.3) is 0 Å². The quantitative estimate of drug-likeness (QED) is 0.768. The Morgan fingerprint density at radius 3 is 2.59 bits per heavy atom. The van der Waals surface area contributed by atoms with Crippen LogP contribution in [-0.2, 0) is 0 Å². The molecular weight excluding hydrogens is 253 g/mol. The molecule has 0 radical (unpaired) electrons. The van der Waals surface area contributed by atoms with Crippen LogP contribution in [0, 0.1) is 0 Å². The molecule has 7 heteroatoms. The third-order valence-electron chi connectivity index (χ3n) is 1.99. The molecule has 0 aliphatic rings. The predicted octanol–water partition coefficient (Wildman–Crippen LogP) is 3.12. The molecule has 0 atom stereocenters. The van der Waals surface area contributed by atoms with E-state index in [1.54, 1.807) is 6.92 Å². The second-order valence-corrected chi connectivity index (χ2v) is 4.44. The van der Waals surface area contributed by atoms with Gasteiger partial charge in [-0.2, -0.15) is 13.2 Å². The van der Waals surface area contributed by atoms with Gasteiger partial charge >= 0.3 is 6.18 Å². The van der Waals surface area contributed by atoms with Crippen molar-refractivity contribution in [1.82, 2.24) is 4.98 Å². The normalized spacial score (nSPS) is 11.6. The van der Waals surface area contributed by atoms with Gasteiger partial charge in [0.1, 0.15) is 12.2 Å². The predicted molar refractivity (Wildman–Crippen MR) is 60.7 cm³/mol. The summed E-state index contributed by atoms with van der Waals surface area (Å²) in [5, 5.41) is 1.73. The molecule has 1 aromatic rings. The van der Waals surface area contributed by atoms with Gasteiger partial charge in [0.05, 0.1) is 0 Å². The fourth-order valence-electron chi connectivity index (χ4n) is 1.30. The van der Waals surface area contributed by atoms with Gasteiger partial charge in [-0.25, -0.2) is 4.98 Å². The highest BCUT2D eigenvalue weighted by atomic mass is 32.1. The van der Waals surface area contributed by atoms with Gasteiger partial charge in [-0.3, -0.25) is 4.79 Å². The fraction of sp³-hybridized carbons (Fsp3) is 0.600. The van der Waals surface area contributed by atoms with Crippen molar-refractivity contribution in [1.29, 1.82) is 0 Å². The van der Waals surface area contributed by atoms with Gasteiger partial charge in [0.15, 0.2) is 10.9 Å². The smallest absolute Gasteiger partial charge is 0.339 e. The number of alkyl halides is 3. The van der Waals surface area contributed by atoms with E-state index in [1.165, 1.54) is 12.3 Å². The SMILES string of the molecule is CCCN(CC(F)(F)F)c1nc(C(C)=O)cs1. The number of anilines is 1. The molecule has 0 N–H and O–H groups in total. The first-order valence-electron chi connectivity index (χ1n) is 5.11. The number of rotatable bonds is 5. The van der Waals surface area contributed by atoms with Gasteiger partial charge in [0.2, 0.25) is 0 Å². The number of carbonyl (C=O) groups excluding carboxylic acids is 1. The van der Waals surface area contributed by atoms with E-state index < -0.39 is 12.7 Å². The first-order chi connectivity index (χ1) is 7.83. The maximum absolute atomic E-state index is 12.3. The van der Waals surface area contributed by atoms with E-state index >= 15 is 0 Å².